The zero-order chi connectivity index (χ0) is 12.3. The summed E-state index contributed by atoms with van der Waals surface area (Å²) in [5, 5.41) is 0. The van der Waals surface area contributed by atoms with Gasteiger partial charge in [-0.2, -0.15) is 0 Å². The maximum atomic E-state index is 5.87. The summed E-state index contributed by atoms with van der Waals surface area (Å²) in [6, 6.07) is 1.16. The summed E-state index contributed by atoms with van der Waals surface area (Å²) in [4.78, 5) is 0. The molecule has 0 saturated heterocycles. The van der Waals surface area contributed by atoms with Crippen molar-refractivity contribution in [1.82, 2.24) is 0 Å². The smallest absolute Gasteiger partial charge is 0.321 e. The molecule has 1 aliphatic rings. The van der Waals surface area contributed by atoms with E-state index in [2.05, 4.69) is 19.9 Å². The van der Waals surface area contributed by atoms with Gasteiger partial charge in [-0.15, -0.1) is 0 Å². The molecule has 0 aromatic heterocycles. The molecule has 0 N–H and O–H groups in total. The van der Waals surface area contributed by atoms with Crippen LogP contribution < -0.4 is 0 Å². The fourth-order valence-corrected chi connectivity index (χ4v) is 4.18. The van der Waals surface area contributed by atoms with Gasteiger partial charge in [0, 0.05) is 13.2 Å². The monoisotopic (exact) mass is 256 g/mol. The standard InChI is InChI=1S/C14H28O2Si/c1-3-11-15-17(16-12-4-2)13-10-14-8-6-5-7-9-14/h8,17H,3-7,9-13H2,1-2H3. The van der Waals surface area contributed by atoms with Crippen LogP contribution in [-0.4, -0.2) is 22.5 Å². The Morgan fingerprint density at radius 1 is 1.12 bits per heavy atom. The van der Waals surface area contributed by atoms with E-state index in [4.69, 9.17) is 8.85 Å². The maximum absolute atomic E-state index is 5.87. The minimum atomic E-state index is -1.38. The van der Waals surface area contributed by atoms with E-state index in [1.807, 2.05) is 0 Å². The van der Waals surface area contributed by atoms with Crippen LogP contribution in [0.1, 0.15) is 58.8 Å². The molecule has 0 bridgehead atoms. The molecule has 2 nitrogen and oxygen atoms in total. The van der Waals surface area contributed by atoms with Crippen molar-refractivity contribution in [2.45, 2.75) is 64.8 Å². The average molecular weight is 256 g/mol. The highest BCUT2D eigenvalue weighted by Gasteiger charge is 2.14. The minimum Gasteiger partial charge on any atom is -0.397 e. The van der Waals surface area contributed by atoms with E-state index in [9.17, 15) is 0 Å². The van der Waals surface area contributed by atoms with Gasteiger partial charge in [0.25, 0.3) is 0 Å². The van der Waals surface area contributed by atoms with Gasteiger partial charge in [-0.1, -0.05) is 25.5 Å². The fraction of sp³-hybridized carbons (Fsp3) is 0.857. The van der Waals surface area contributed by atoms with Crippen LogP contribution in [0.15, 0.2) is 11.6 Å². The largest absolute Gasteiger partial charge is 0.397 e. The first-order valence-corrected chi connectivity index (χ1v) is 9.03. The first-order valence-electron chi connectivity index (χ1n) is 7.28. The molecule has 0 unspecified atom stereocenters. The Morgan fingerprint density at radius 3 is 2.35 bits per heavy atom. The molecule has 0 heterocycles. The summed E-state index contributed by atoms with van der Waals surface area (Å²) in [7, 11) is -1.38. The molecule has 0 aliphatic heterocycles. The van der Waals surface area contributed by atoms with Crippen LogP contribution in [0, 0.1) is 0 Å². The van der Waals surface area contributed by atoms with E-state index in [0.29, 0.717) is 0 Å². The van der Waals surface area contributed by atoms with Crippen molar-refractivity contribution < 1.29 is 8.85 Å². The molecule has 0 fully saturated rings. The van der Waals surface area contributed by atoms with Crippen LogP contribution in [0.25, 0.3) is 0 Å². The van der Waals surface area contributed by atoms with Crippen molar-refractivity contribution in [2.24, 2.45) is 0 Å². The van der Waals surface area contributed by atoms with E-state index >= 15 is 0 Å². The van der Waals surface area contributed by atoms with Gasteiger partial charge >= 0.3 is 9.28 Å². The normalized spacial score (nSPS) is 16.3. The Balaban J connectivity index is 2.23. The van der Waals surface area contributed by atoms with Crippen molar-refractivity contribution >= 4 is 9.28 Å². The van der Waals surface area contributed by atoms with Crippen molar-refractivity contribution in [2.75, 3.05) is 13.2 Å². The summed E-state index contributed by atoms with van der Waals surface area (Å²) >= 11 is 0. The number of hydrogen-bond donors (Lipinski definition) is 0. The van der Waals surface area contributed by atoms with Gasteiger partial charge in [-0.05, 0) is 51.0 Å². The lowest BCUT2D eigenvalue weighted by Gasteiger charge is -2.18. The highest BCUT2D eigenvalue weighted by molar-refractivity contribution is 6.44. The summed E-state index contributed by atoms with van der Waals surface area (Å²) in [6.07, 6.45) is 11.2. The van der Waals surface area contributed by atoms with Gasteiger partial charge in [0.15, 0.2) is 0 Å². The van der Waals surface area contributed by atoms with Crippen LogP contribution in [0.2, 0.25) is 6.04 Å². The van der Waals surface area contributed by atoms with E-state index in [1.165, 1.54) is 32.1 Å². The molecule has 1 rings (SSSR count). The average Bonchev–Trinajstić information content (AvgIpc) is 2.39. The van der Waals surface area contributed by atoms with Crippen LogP contribution in [0.3, 0.4) is 0 Å². The van der Waals surface area contributed by atoms with Crippen LogP contribution in [-0.2, 0) is 8.85 Å². The second kappa shape index (κ2) is 9.86. The van der Waals surface area contributed by atoms with Crippen LogP contribution in [0.4, 0.5) is 0 Å². The first-order chi connectivity index (χ1) is 8.36. The number of hydrogen-bond acceptors (Lipinski definition) is 2. The first kappa shape index (κ1) is 14.9. The third-order valence-electron chi connectivity index (χ3n) is 3.10. The maximum Gasteiger partial charge on any atom is 0.321 e. The van der Waals surface area contributed by atoms with Gasteiger partial charge in [0.05, 0.1) is 0 Å². The lowest BCUT2D eigenvalue weighted by molar-refractivity contribution is 0.196. The molecule has 0 aromatic carbocycles. The molecular weight excluding hydrogens is 228 g/mol. The van der Waals surface area contributed by atoms with Crippen molar-refractivity contribution in [3.63, 3.8) is 0 Å². The Bertz CT molecular complexity index is 208. The van der Waals surface area contributed by atoms with Gasteiger partial charge in [-0.3, -0.25) is 0 Å². The minimum absolute atomic E-state index is 0.875. The molecule has 0 aromatic rings. The Kier molecular flexibility index (Phi) is 8.66. The third-order valence-corrected chi connectivity index (χ3v) is 5.08. The van der Waals surface area contributed by atoms with E-state index < -0.39 is 9.28 Å². The van der Waals surface area contributed by atoms with E-state index in [-0.39, 0.29) is 0 Å². The van der Waals surface area contributed by atoms with Crippen molar-refractivity contribution in [1.29, 1.82) is 0 Å². The molecule has 0 atom stereocenters. The fourth-order valence-electron chi connectivity index (χ4n) is 2.15. The molecule has 100 valence electrons. The van der Waals surface area contributed by atoms with Gasteiger partial charge in [-0.25, -0.2) is 0 Å². The predicted octanol–water partition coefficient (Wildman–Crippen LogP) is 3.95. The molecule has 0 radical (unpaired) electrons. The number of allylic oxidation sites excluding steroid dienone is 2. The molecule has 1 aliphatic carbocycles. The van der Waals surface area contributed by atoms with Crippen molar-refractivity contribution in [3.8, 4) is 0 Å². The van der Waals surface area contributed by atoms with Gasteiger partial charge in [0.2, 0.25) is 0 Å². The summed E-state index contributed by atoms with van der Waals surface area (Å²) in [5.41, 5.74) is 1.65. The zero-order valence-corrected chi connectivity index (χ0v) is 12.7. The summed E-state index contributed by atoms with van der Waals surface area (Å²) in [6.45, 7) is 6.07. The third kappa shape index (κ3) is 7.01. The topological polar surface area (TPSA) is 18.5 Å². The van der Waals surface area contributed by atoms with Crippen LogP contribution >= 0.6 is 0 Å². The second-order valence-electron chi connectivity index (χ2n) is 4.82. The molecular formula is C14H28O2Si. The molecule has 3 heteroatoms. The zero-order valence-electron chi connectivity index (χ0n) is 11.5. The highest BCUT2D eigenvalue weighted by Crippen LogP contribution is 2.22. The lowest BCUT2D eigenvalue weighted by Crippen LogP contribution is -2.24. The molecule has 0 amide bonds. The quantitative estimate of drug-likeness (QED) is 0.459. The summed E-state index contributed by atoms with van der Waals surface area (Å²) in [5.74, 6) is 0. The molecule has 17 heavy (non-hydrogen) atoms. The highest BCUT2D eigenvalue weighted by atomic mass is 28.3. The van der Waals surface area contributed by atoms with Gasteiger partial charge < -0.3 is 8.85 Å². The van der Waals surface area contributed by atoms with E-state index in [1.54, 1.807) is 5.57 Å². The summed E-state index contributed by atoms with van der Waals surface area (Å²) < 4.78 is 11.7. The second-order valence-corrected chi connectivity index (χ2v) is 6.92. The Hall–Kier alpha value is -0.123. The predicted molar refractivity (Wildman–Crippen MR) is 75.6 cm³/mol. The SMILES string of the molecule is CCCO[SiH](CCC1=CCCCC1)OCCC. The number of rotatable bonds is 9. The molecule has 0 saturated carbocycles. The Morgan fingerprint density at radius 2 is 1.82 bits per heavy atom. The van der Waals surface area contributed by atoms with Gasteiger partial charge in [0.1, 0.15) is 0 Å². The Labute approximate surface area is 108 Å². The lowest BCUT2D eigenvalue weighted by atomic mass is 9.98. The van der Waals surface area contributed by atoms with Crippen molar-refractivity contribution in [3.05, 3.63) is 11.6 Å². The van der Waals surface area contributed by atoms with Crippen LogP contribution in [0.5, 0.6) is 0 Å². The van der Waals surface area contributed by atoms with E-state index in [0.717, 1.165) is 32.1 Å². The molecule has 0 spiro atoms.